The summed E-state index contributed by atoms with van der Waals surface area (Å²) in [4.78, 5) is 12.9. The highest BCUT2D eigenvalue weighted by atomic mass is 32.1. The maximum absolute atomic E-state index is 14.7. The first kappa shape index (κ1) is 29.8. The summed E-state index contributed by atoms with van der Waals surface area (Å²) in [5.74, 6) is -0.639. The number of ether oxygens (including phenoxy) is 1. The SMILES string of the molecule is CCCCCCCCCCCCCCOc1ccc(C(=O)Nc2ccccc2C[n+]2cscc2C)cc1F. The molecule has 1 N–H and O–H groups in total. The number of para-hydroxylation sites is 1. The highest BCUT2D eigenvalue weighted by Gasteiger charge is 2.15. The largest absolute Gasteiger partial charge is 0.491 e. The van der Waals surface area contributed by atoms with Crippen molar-refractivity contribution in [1.82, 2.24) is 0 Å². The Balaban J connectivity index is 1.36. The molecule has 3 rings (SSSR count). The van der Waals surface area contributed by atoms with Crippen molar-refractivity contribution in [3.05, 3.63) is 76.0 Å². The van der Waals surface area contributed by atoms with Gasteiger partial charge >= 0.3 is 0 Å². The summed E-state index contributed by atoms with van der Waals surface area (Å²) < 4.78 is 22.5. The molecule has 0 fully saturated rings. The topological polar surface area (TPSA) is 42.2 Å². The maximum atomic E-state index is 14.7. The van der Waals surface area contributed by atoms with Crippen LogP contribution in [0.2, 0.25) is 0 Å². The van der Waals surface area contributed by atoms with Crippen molar-refractivity contribution in [2.24, 2.45) is 0 Å². The highest BCUT2D eigenvalue weighted by Crippen LogP contribution is 2.21. The maximum Gasteiger partial charge on any atom is 0.255 e. The highest BCUT2D eigenvalue weighted by molar-refractivity contribution is 7.07. The number of nitrogens with one attached hydrogen (secondary N) is 1. The molecule has 0 saturated carbocycles. The van der Waals surface area contributed by atoms with Gasteiger partial charge in [-0.3, -0.25) is 4.79 Å². The summed E-state index contributed by atoms with van der Waals surface area (Å²) in [6.07, 6.45) is 15.3. The molecule has 0 aliphatic rings. The number of carbonyl (C=O) groups is 1. The molecule has 1 amide bonds. The molecule has 1 heterocycles. The van der Waals surface area contributed by atoms with Crippen LogP contribution in [-0.4, -0.2) is 12.5 Å². The van der Waals surface area contributed by atoms with Gasteiger partial charge in [-0.05, 0) is 30.7 Å². The Morgan fingerprint density at radius 1 is 0.921 bits per heavy atom. The molecule has 6 heteroatoms. The minimum absolute atomic E-state index is 0.203. The van der Waals surface area contributed by atoms with E-state index in [0.29, 0.717) is 13.2 Å². The van der Waals surface area contributed by atoms with Crippen LogP contribution < -0.4 is 14.6 Å². The van der Waals surface area contributed by atoms with Gasteiger partial charge in [0, 0.05) is 18.1 Å². The number of anilines is 1. The number of benzene rings is 2. The summed E-state index contributed by atoms with van der Waals surface area (Å²) in [5, 5.41) is 5.03. The minimum Gasteiger partial charge on any atom is -0.491 e. The first-order valence-corrected chi connectivity index (χ1v) is 15.3. The van der Waals surface area contributed by atoms with Crippen LogP contribution in [0.5, 0.6) is 5.75 Å². The van der Waals surface area contributed by atoms with Gasteiger partial charge in [0.25, 0.3) is 5.91 Å². The van der Waals surface area contributed by atoms with Crippen molar-refractivity contribution in [1.29, 1.82) is 0 Å². The number of carbonyl (C=O) groups excluding carboxylic acids is 1. The number of rotatable bonds is 18. The van der Waals surface area contributed by atoms with Crippen LogP contribution in [0.1, 0.15) is 106 Å². The summed E-state index contributed by atoms with van der Waals surface area (Å²) in [7, 11) is 0. The van der Waals surface area contributed by atoms with E-state index in [1.165, 1.54) is 70.3 Å². The standard InChI is InChI=1S/C32H43FN2O2S/c1-3-4-5-6-7-8-9-10-11-12-13-16-21-37-31-20-19-27(22-29(31)33)32(36)34-30-18-15-14-17-28(30)23-35-25-38-24-26(35)2/h14-15,17-20,22,24-25H,3-13,16,21,23H2,1-2H3/p+1. The van der Waals surface area contributed by atoms with Gasteiger partial charge in [0.2, 0.25) is 5.51 Å². The molecule has 0 spiro atoms. The third kappa shape index (κ3) is 10.2. The van der Waals surface area contributed by atoms with Crippen molar-refractivity contribution < 1.29 is 18.5 Å². The first-order valence-electron chi connectivity index (χ1n) is 14.3. The van der Waals surface area contributed by atoms with E-state index in [4.69, 9.17) is 4.74 Å². The minimum atomic E-state index is -0.505. The van der Waals surface area contributed by atoms with Gasteiger partial charge in [0.15, 0.2) is 23.8 Å². The number of nitrogens with zero attached hydrogens (tertiary/aromatic N) is 1. The smallest absolute Gasteiger partial charge is 0.255 e. The lowest BCUT2D eigenvalue weighted by atomic mass is 10.1. The molecular weight excluding hydrogens is 495 g/mol. The van der Waals surface area contributed by atoms with Crippen LogP contribution in [0.4, 0.5) is 10.1 Å². The van der Waals surface area contributed by atoms with Crippen molar-refractivity contribution in [3.63, 3.8) is 0 Å². The van der Waals surface area contributed by atoms with Gasteiger partial charge in [-0.2, -0.15) is 4.57 Å². The molecule has 38 heavy (non-hydrogen) atoms. The number of aromatic nitrogens is 1. The quantitative estimate of drug-likeness (QED) is 0.130. The van der Waals surface area contributed by atoms with E-state index in [9.17, 15) is 9.18 Å². The molecule has 0 radical (unpaired) electrons. The first-order chi connectivity index (χ1) is 18.6. The van der Waals surface area contributed by atoms with Gasteiger partial charge in [-0.15, -0.1) is 0 Å². The third-order valence-corrected chi connectivity index (χ3v) is 7.79. The molecule has 0 unspecified atom stereocenters. The van der Waals surface area contributed by atoms with Crippen molar-refractivity contribution in [2.45, 2.75) is 97.4 Å². The Bertz CT molecular complexity index is 1110. The van der Waals surface area contributed by atoms with Crippen LogP contribution in [0.15, 0.2) is 53.4 Å². The molecule has 1 aromatic heterocycles. The Morgan fingerprint density at radius 2 is 1.58 bits per heavy atom. The summed E-state index contributed by atoms with van der Waals surface area (Å²) in [6.45, 7) is 5.47. The number of halogens is 1. The van der Waals surface area contributed by atoms with E-state index < -0.39 is 5.82 Å². The fourth-order valence-corrected chi connectivity index (χ4v) is 5.34. The second kappa shape index (κ2) is 17.0. The van der Waals surface area contributed by atoms with Gasteiger partial charge in [0.1, 0.15) is 0 Å². The third-order valence-electron chi connectivity index (χ3n) is 6.94. The summed E-state index contributed by atoms with van der Waals surface area (Å²) in [5.41, 5.74) is 5.21. The molecule has 0 aliphatic heterocycles. The van der Waals surface area contributed by atoms with E-state index in [1.807, 2.05) is 24.3 Å². The number of aryl methyl sites for hydroxylation is 1. The van der Waals surface area contributed by atoms with Crippen LogP contribution >= 0.6 is 11.3 Å². The van der Waals surface area contributed by atoms with Crippen molar-refractivity contribution in [3.8, 4) is 5.75 Å². The lowest BCUT2D eigenvalue weighted by molar-refractivity contribution is -0.689. The van der Waals surface area contributed by atoms with E-state index in [-0.39, 0.29) is 17.2 Å². The molecule has 0 bridgehead atoms. The van der Waals surface area contributed by atoms with Crippen LogP contribution in [0, 0.1) is 12.7 Å². The molecular formula is C32H44FN2O2S+. The Labute approximate surface area is 232 Å². The van der Waals surface area contributed by atoms with Gasteiger partial charge < -0.3 is 10.1 Å². The average molecular weight is 540 g/mol. The van der Waals surface area contributed by atoms with Crippen LogP contribution in [-0.2, 0) is 6.54 Å². The van der Waals surface area contributed by atoms with Crippen molar-refractivity contribution in [2.75, 3.05) is 11.9 Å². The zero-order chi connectivity index (χ0) is 27.0. The number of amides is 1. The monoisotopic (exact) mass is 539 g/mol. The van der Waals surface area contributed by atoms with E-state index in [0.717, 1.165) is 29.8 Å². The molecule has 0 atom stereocenters. The van der Waals surface area contributed by atoms with Gasteiger partial charge in [-0.1, -0.05) is 107 Å². The molecule has 2 aromatic carbocycles. The van der Waals surface area contributed by atoms with Crippen LogP contribution in [0.3, 0.4) is 0 Å². The Hall–Kier alpha value is -2.73. The zero-order valence-electron chi connectivity index (χ0n) is 23.1. The predicted molar refractivity (Wildman–Crippen MR) is 156 cm³/mol. The molecule has 0 aliphatic carbocycles. The van der Waals surface area contributed by atoms with Gasteiger partial charge in [0.05, 0.1) is 17.7 Å². The van der Waals surface area contributed by atoms with Crippen LogP contribution in [0.25, 0.3) is 0 Å². The predicted octanol–water partition coefficient (Wildman–Crippen LogP) is 8.86. The number of hydrogen-bond acceptors (Lipinski definition) is 3. The molecule has 206 valence electrons. The lowest BCUT2D eigenvalue weighted by Crippen LogP contribution is -2.34. The molecule has 0 saturated heterocycles. The average Bonchev–Trinajstić information content (AvgIpc) is 3.32. The molecule has 4 nitrogen and oxygen atoms in total. The fourth-order valence-electron chi connectivity index (χ4n) is 4.56. The normalized spacial score (nSPS) is 11.0. The van der Waals surface area contributed by atoms with Crippen molar-refractivity contribution >= 4 is 22.9 Å². The second-order valence-electron chi connectivity index (χ2n) is 10.1. The summed E-state index contributed by atoms with van der Waals surface area (Å²) >= 11 is 1.64. The molecule has 3 aromatic rings. The lowest BCUT2D eigenvalue weighted by Gasteiger charge is -2.11. The Kier molecular flexibility index (Phi) is 13.3. The van der Waals surface area contributed by atoms with Gasteiger partial charge in [-0.25, -0.2) is 4.39 Å². The number of hydrogen-bond donors (Lipinski definition) is 1. The number of unbranched alkanes of at least 4 members (excludes halogenated alkanes) is 11. The van der Waals surface area contributed by atoms with E-state index >= 15 is 0 Å². The number of thiazole rings is 1. The summed E-state index contributed by atoms with van der Waals surface area (Å²) in [6, 6.07) is 12.1. The van der Waals surface area contributed by atoms with E-state index in [2.05, 4.69) is 34.6 Å². The Morgan fingerprint density at radius 3 is 2.21 bits per heavy atom. The second-order valence-corrected chi connectivity index (χ2v) is 10.8. The van der Waals surface area contributed by atoms with E-state index in [1.54, 1.807) is 23.5 Å². The zero-order valence-corrected chi connectivity index (χ0v) is 24.0. The fraction of sp³-hybridized carbons (Fsp3) is 0.500.